The molecule has 1 aliphatic heterocycles. The fourth-order valence-corrected chi connectivity index (χ4v) is 4.52. The van der Waals surface area contributed by atoms with E-state index in [1.807, 2.05) is 0 Å². The number of hydrogen-bond acceptors (Lipinski definition) is 6. The van der Waals surface area contributed by atoms with Gasteiger partial charge in [0.25, 0.3) is 11.8 Å². The average molecular weight is 598 g/mol. The number of fused-ring (bicyclic) bond motifs is 1. The summed E-state index contributed by atoms with van der Waals surface area (Å²) in [5.41, 5.74) is 1.45. The summed E-state index contributed by atoms with van der Waals surface area (Å²) >= 11 is 30.7. The SMILES string of the molecule is CC(=O)C(N=Nc1ccc(N=C2NC(=O)c3c(Cl)c(Cl)c(Cl)c(Cl)c32)cc1)C(=O)Nc1ccccc1Cl. The molecule has 8 nitrogen and oxygen atoms in total. The van der Waals surface area contributed by atoms with Crippen LogP contribution in [0.25, 0.3) is 0 Å². The van der Waals surface area contributed by atoms with Crippen molar-refractivity contribution < 1.29 is 14.4 Å². The molecule has 37 heavy (non-hydrogen) atoms. The van der Waals surface area contributed by atoms with E-state index < -0.39 is 23.6 Å². The van der Waals surface area contributed by atoms with Gasteiger partial charge < -0.3 is 10.6 Å². The molecule has 3 aromatic rings. The molecule has 0 fully saturated rings. The van der Waals surface area contributed by atoms with Crippen molar-refractivity contribution in [2.24, 2.45) is 15.2 Å². The van der Waals surface area contributed by atoms with E-state index in [9.17, 15) is 14.4 Å². The molecule has 0 spiro atoms. The Balaban J connectivity index is 1.55. The lowest BCUT2D eigenvalue weighted by molar-refractivity contribution is -0.126. The fraction of sp³-hybridized carbons (Fsp3) is 0.0833. The highest BCUT2D eigenvalue weighted by Crippen LogP contribution is 2.43. The van der Waals surface area contributed by atoms with Crippen molar-refractivity contribution in [3.63, 3.8) is 0 Å². The molecule has 1 heterocycles. The van der Waals surface area contributed by atoms with E-state index in [-0.39, 0.29) is 37.1 Å². The molecule has 0 bridgehead atoms. The van der Waals surface area contributed by atoms with Crippen molar-refractivity contribution in [2.45, 2.75) is 13.0 Å². The maximum Gasteiger partial charge on any atom is 0.259 e. The molecular formula is C24H14Cl5N5O3. The third-order valence-electron chi connectivity index (χ3n) is 5.11. The van der Waals surface area contributed by atoms with Crippen molar-refractivity contribution in [3.8, 4) is 0 Å². The molecule has 4 rings (SSSR count). The second kappa shape index (κ2) is 11.2. The largest absolute Gasteiger partial charge is 0.322 e. The summed E-state index contributed by atoms with van der Waals surface area (Å²) in [6.07, 6.45) is 0. The zero-order valence-electron chi connectivity index (χ0n) is 18.7. The van der Waals surface area contributed by atoms with Gasteiger partial charge in [0.2, 0.25) is 6.04 Å². The van der Waals surface area contributed by atoms with Gasteiger partial charge in [-0.05, 0) is 43.3 Å². The quantitative estimate of drug-likeness (QED) is 0.133. The molecule has 13 heteroatoms. The molecule has 1 aliphatic rings. The van der Waals surface area contributed by atoms with E-state index in [1.54, 1.807) is 48.5 Å². The van der Waals surface area contributed by atoms with Gasteiger partial charge in [-0.25, -0.2) is 4.99 Å². The van der Waals surface area contributed by atoms with Gasteiger partial charge in [-0.3, -0.25) is 14.4 Å². The molecule has 1 unspecified atom stereocenters. The minimum absolute atomic E-state index is 0.00522. The molecule has 3 aromatic carbocycles. The summed E-state index contributed by atoms with van der Waals surface area (Å²) in [6.45, 7) is 1.24. The average Bonchev–Trinajstić information content (AvgIpc) is 3.19. The molecule has 0 aromatic heterocycles. The summed E-state index contributed by atoms with van der Waals surface area (Å²) in [5.74, 6) is -1.54. The Bertz CT molecular complexity index is 1510. The number of para-hydroxylation sites is 1. The van der Waals surface area contributed by atoms with Gasteiger partial charge in [-0.15, -0.1) is 0 Å². The molecular weight excluding hydrogens is 584 g/mol. The number of azo groups is 1. The fourth-order valence-electron chi connectivity index (χ4n) is 3.31. The summed E-state index contributed by atoms with van der Waals surface area (Å²) in [6, 6.07) is 11.5. The lowest BCUT2D eigenvalue weighted by atomic mass is 10.1. The standard InChI is InChI=1S/C24H14Cl5N5O3/c1-10(35)21(24(37)31-14-5-3-2-4-13(14)25)34-33-12-8-6-11(7-9-12)30-22-15-16(23(36)32-22)18(27)20(29)19(28)17(15)26/h2-9,21H,1H3,(H,31,37)(H,30,32,36). The first-order valence-electron chi connectivity index (χ1n) is 10.4. The molecule has 0 saturated carbocycles. The second-order valence-corrected chi connectivity index (χ2v) is 9.55. The van der Waals surface area contributed by atoms with Crippen LogP contribution in [0.15, 0.2) is 63.8 Å². The Morgan fingerprint density at radius 1 is 0.838 bits per heavy atom. The van der Waals surface area contributed by atoms with Crippen LogP contribution in [0.4, 0.5) is 17.1 Å². The number of amidine groups is 1. The number of amides is 2. The lowest BCUT2D eigenvalue weighted by Crippen LogP contribution is -2.31. The maximum absolute atomic E-state index is 12.6. The number of rotatable bonds is 6. The number of benzene rings is 3. The van der Waals surface area contributed by atoms with Crippen molar-refractivity contribution in [1.82, 2.24) is 5.32 Å². The highest BCUT2D eigenvalue weighted by molar-refractivity contribution is 6.55. The zero-order valence-corrected chi connectivity index (χ0v) is 22.4. The van der Waals surface area contributed by atoms with E-state index in [1.165, 1.54) is 6.92 Å². The second-order valence-electron chi connectivity index (χ2n) is 7.63. The van der Waals surface area contributed by atoms with Gasteiger partial charge in [0.1, 0.15) is 5.84 Å². The van der Waals surface area contributed by atoms with Gasteiger partial charge in [0.15, 0.2) is 5.78 Å². The summed E-state index contributed by atoms with van der Waals surface area (Å²) in [5, 5.41) is 13.4. The molecule has 1 atom stereocenters. The van der Waals surface area contributed by atoms with Crippen LogP contribution in [-0.4, -0.2) is 29.5 Å². The van der Waals surface area contributed by atoms with E-state index in [4.69, 9.17) is 58.0 Å². The number of nitrogens with one attached hydrogen (secondary N) is 2. The Kier molecular flexibility index (Phi) is 8.16. The number of anilines is 1. The summed E-state index contributed by atoms with van der Waals surface area (Å²) in [7, 11) is 0. The molecule has 0 saturated heterocycles. The predicted molar refractivity (Wildman–Crippen MR) is 146 cm³/mol. The van der Waals surface area contributed by atoms with E-state index in [0.29, 0.717) is 22.1 Å². The van der Waals surface area contributed by atoms with Crippen molar-refractivity contribution >= 4 is 98.5 Å². The van der Waals surface area contributed by atoms with Crippen LogP contribution in [0.2, 0.25) is 25.1 Å². The van der Waals surface area contributed by atoms with Gasteiger partial charge >= 0.3 is 0 Å². The third kappa shape index (κ3) is 5.63. The Hall–Kier alpha value is -3.01. The minimum atomic E-state index is -1.37. The Morgan fingerprint density at radius 2 is 1.43 bits per heavy atom. The van der Waals surface area contributed by atoms with Crippen LogP contribution in [0.1, 0.15) is 22.8 Å². The van der Waals surface area contributed by atoms with Gasteiger partial charge in [-0.1, -0.05) is 70.1 Å². The first-order valence-corrected chi connectivity index (χ1v) is 12.3. The van der Waals surface area contributed by atoms with E-state index in [0.717, 1.165) is 0 Å². The highest BCUT2D eigenvalue weighted by atomic mass is 35.5. The number of carbonyl (C=O) groups excluding carboxylic acids is 3. The Morgan fingerprint density at radius 3 is 2.05 bits per heavy atom. The number of ketones is 1. The lowest BCUT2D eigenvalue weighted by Gasteiger charge is -2.10. The van der Waals surface area contributed by atoms with Crippen LogP contribution in [-0.2, 0) is 9.59 Å². The maximum atomic E-state index is 12.6. The molecule has 0 radical (unpaired) electrons. The zero-order chi connectivity index (χ0) is 26.9. The third-order valence-corrected chi connectivity index (χ3v) is 7.24. The number of aliphatic imine (C=N–C) groups is 1. The smallest absolute Gasteiger partial charge is 0.259 e. The first-order chi connectivity index (χ1) is 17.6. The van der Waals surface area contributed by atoms with Crippen molar-refractivity contribution in [2.75, 3.05) is 5.32 Å². The number of nitrogens with zero attached hydrogens (tertiary/aromatic N) is 3. The summed E-state index contributed by atoms with van der Waals surface area (Å²) in [4.78, 5) is 41.4. The van der Waals surface area contributed by atoms with E-state index >= 15 is 0 Å². The summed E-state index contributed by atoms with van der Waals surface area (Å²) < 4.78 is 0. The van der Waals surface area contributed by atoms with Gasteiger partial charge in [-0.2, -0.15) is 10.2 Å². The van der Waals surface area contributed by atoms with Crippen molar-refractivity contribution in [1.29, 1.82) is 0 Å². The number of carbonyl (C=O) groups is 3. The predicted octanol–water partition coefficient (Wildman–Crippen LogP) is 7.46. The Labute approximate surface area is 235 Å². The van der Waals surface area contributed by atoms with Crippen LogP contribution in [0.3, 0.4) is 0 Å². The van der Waals surface area contributed by atoms with Crippen LogP contribution >= 0.6 is 58.0 Å². The molecule has 2 N–H and O–H groups in total. The number of hydrogen-bond donors (Lipinski definition) is 2. The molecule has 0 aliphatic carbocycles. The minimum Gasteiger partial charge on any atom is -0.322 e. The van der Waals surface area contributed by atoms with Crippen LogP contribution in [0.5, 0.6) is 0 Å². The van der Waals surface area contributed by atoms with Gasteiger partial charge in [0.05, 0.1) is 53.3 Å². The monoisotopic (exact) mass is 595 g/mol. The topological polar surface area (TPSA) is 112 Å². The van der Waals surface area contributed by atoms with Crippen LogP contribution in [0, 0.1) is 0 Å². The molecule has 2 amide bonds. The van der Waals surface area contributed by atoms with Crippen LogP contribution < -0.4 is 10.6 Å². The van der Waals surface area contributed by atoms with E-state index in [2.05, 4.69) is 25.9 Å². The number of Topliss-reactive ketones (excluding diaryl/α,β-unsaturated/α-hetero) is 1. The first kappa shape index (κ1) is 27.0. The molecule has 188 valence electrons. The van der Waals surface area contributed by atoms with Gasteiger partial charge in [0, 0.05) is 0 Å². The number of halogens is 5. The van der Waals surface area contributed by atoms with Crippen molar-refractivity contribution in [3.05, 3.63) is 84.8 Å². The normalized spacial score (nSPS) is 14.5. The highest BCUT2D eigenvalue weighted by Gasteiger charge is 2.34.